The molecule has 0 aliphatic heterocycles. The summed E-state index contributed by atoms with van der Waals surface area (Å²) >= 11 is 6.13. The van der Waals surface area contributed by atoms with Gasteiger partial charge in [0.2, 0.25) is 5.91 Å². The number of hydrogen-bond donors (Lipinski definition) is 2. The van der Waals surface area contributed by atoms with Crippen LogP contribution >= 0.6 is 11.6 Å². The predicted octanol–water partition coefficient (Wildman–Crippen LogP) is 2.80. The second kappa shape index (κ2) is 7.66. The number of hydrogen-bond acceptors (Lipinski definition) is 3. The summed E-state index contributed by atoms with van der Waals surface area (Å²) in [4.78, 5) is 13.7. The van der Waals surface area contributed by atoms with E-state index in [9.17, 15) is 4.79 Å². The quantitative estimate of drug-likeness (QED) is 0.849. The number of nitrogens with zero attached hydrogens (tertiary/aromatic N) is 1. The van der Waals surface area contributed by atoms with Gasteiger partial charge in [0.05, 0.1) is 6.54 Å². The van der Waals surface area contributed by atoms with Gasteiger partial charge in [-0.15, -0.1) is 0 Å². The molecule has 118 valence electrons. The first-order valence-electron chi connectivity index (χ1n) is 7.25. The molecule has 21 heavy (non-hydrogen) atoms. The summed E-state index contributed by atoms with van der Waals surface area (Å²) in [6.45, 7) is 10.2. The second-order valence-corrected chi connectivity index (χ2v) is 6.50. The zero-order valence-corrected chi connectivity index (χ0v) is 14.3. The number of rotatable bonds is 6. The predicted molar refractivity (Wildman–Crippen MR) is 90.0 cm³/mol. The molecule has 1 aromatic rings. The van der Waals surface area contributed by atoms with Crippen LogP contribution in [-0.2, 0) is 11.3 Å². The molecule has 0 aliphatic rings. The number of nitrogens with one attached hydrogen (secondary N) is 2. The molecular formula is C16H26ClN3O. The van der Waals surface area contributed by atoms with E-state index in [0.29, 0.717) is 11.6 Å². The fourth-order valence-corrected chi connectivity index (χ4v) is 2.13. The smallest absolute Gasteiger partial charge is 0.239 e. The van der Waals surface area contributed by atoms with Crippen LogP contribution in [0.25, 0.3) is 0 Å². The molecule has 1 rings (SSSR count). The van der Waals surface area contributed by atoms with E-state index < -0.39 is 0 Å². The summed E-state index contributed by atoms with van der Waals surface area (Å²) in [6, 6.07) is 5.83. The lowest BCUT2D eigenvalue weighted by molar-refractivity contribution is -0.119. The summed E-state index contributed by atoms with van der Waals surface area (Å²) in [5, 5.41) is 6.82. The van der Waals surface area contributed by atoms with E-state index in [2.05, 4.69) is 31.4 Å². The fourth-order valence-electron chi connectivity index (χ4n) is 1.96. The second-order valence-electron chi connectivity index (χ2n) is 6.06. The number of benzene rings is 1. The molecule has 1 aromatic carbocycles. The average Bonchev–Trinajstić information content (AvgIpc) is 2.42. The van der Waals surface area contributed by atoms with E-state index in [1.54, 1.807) is 7.05 Å². The van der Waals surface area contributed by atoms with Crippen LogP contribution in [-0.4, -0.2) is 31.6 Å². The highest BCUT2D eigenvalue weighted by atomic mass is 35.5. The minimum Gasteiger partial charge on any atom is -0.362 e. The minimum atomic E-state index is -0.00782. The third-order valence-corrected chi connectivity index (χ3v) is 3.43. The number of halogens is 1. The van der Waals surface area contributed by atoms with Gasteiger partial charge in [-0.25, -0.2) is 0 Å². The highest BCUT2D eigenvalue weighted by Crippen LogP contribution is 2.25. The first kappa shape index (κ1) is 17.8. The van der Waals surface area contributed by atoms with Crippen LogP contribution in [0.1, 0.15) is 33.3 Å². The van der Waals surface area contributed by atoms with Crippen molar-refractivity contribution in [2.45, 2.75) is 39.8 Å². The van der Waals surface area contributed by atoms with Crippen molar-refractivity contribution in [2.24, 2.45) is 0 Å². The Morgan fingerprint density at radius 2 is 2.00 bits per heavy atom. The summed E-state index contributed by atoms with van der Waals surface area (Å²) in [7, 11) is 1.65. The maximum Gasteiger partial charge on any atom is 0.239 e. The molecule has 0 saturated carbocycles. The Bertz CT molecular complexity index is 483. The van der Waals surface area contributed by atoms with Crippen LogP contribution in [0.15, 0.2) is 18.2 Å². The summed E-state index contributed by atoms with van der Waals surface area (Å²) < 4.78 is 0. The Morgan fingerprint density at radius 1 is 1.33 bits per heavy atom. The highest BCUT2D eigenvalue weighted by Gasteiger charge is 2.15. The van der Waals surface area contributed by atoms with E-state index >= 15 is 0 Å². The lowest BCUT2D eigenvalue weighted by Crippen LogP contribution is -2.38. The Balaban J connectivity index is 3.01. The Labute approximate surface area is 132 Å². The minimum absolute atomic E-state index is 0.00782. The largest absolute Gasteiger partial charge is 0.362 e. The molecule has 0 spiro atoms. The molecule has 2 N–H and O–H groups in total. The lowest BCUT2D eigenvalue weighted by Gasteiger charge is -2.27. The normalized spacial score (nSPS) is 11.3. The maximum absolute atomic E-state index is 11.7. The highest BCUT2D eigenvalue weighted by molar-refractivity contribution is 6.30. The molecule has 0 radical (unpaired) electrons. The van der Waals surface area contributed by atoms with E-state index in [0.717, 1.165) is 24.3 Å². The van der Waals surface area contributed by atoms with E-state index in [1.807, 2.05) is 30.0 Å². The van der Waals surface area contributed by atoms with Crippen molar-refractivity contribution in [3.05, 3.63) is 28.8 Å². The molecule has 0 unspecified atom stereocenters. The standard InChI is InChI=1S/C16H26ClN3O/c1-6-20(11-15(21)18-5)14-9-13(17)8-7-12(14)10-19-16(2,3)4/h7-9,19H,6,10-11H2,1-5H3,(H,18,21). The topological polar surface area (TPSA) is 44.4 Å². The van der Waals surface area contributed by atoms with Crippen molar-refractivity contribution in [2.75, 3.05) is 25.0 Å². The molecule has 1 amide bonds. The fraction of sp³-hybridized carbons (Fsp3) is 0.562. The molecule has 0 aliphatic carbocycles. The van der Waals surface area contributed by atoms with Crippen molar-refractivity contribution >= 4 is 23.2 Å². The van der Waals surface area contributed by atoms with Crippen molar-refractivity contribution < 1.29 is 4.79 Å². The molecule has 0 aromatic heterocycles. The third-order valence-electron chi connectivity index (χ3n) is 3.19. The average molecular weight is 312 g/mol. The summed E-state index contributed by atoms with van der Waals surface area (Å²) in [5.41, 5.74) is 2.18. The van der Waals surface area contributed by atoms with Crippen molar-refractivity contribution in [1.29, 1.82) is 0 Å². The van der Waals surface area contributed by atoms with Gasteiger partial charge >= 0.3 is 0 Å². The van der Waals surface area contributed by atoms with Gasteiger partial charge in [0.25, 0.3) is 0 Å². The number of likely N-dealkylation sites (N-methyl/N-ethyl adjacent to an activating group) is 2. The first-order chi connectivity index (χ1) is 9.76. The molecule has 0 saturated heterocycles. The molecular weight excluding hydrogens is 286 g/mol. The number of carbonyl (C=O) groups is 1. The lowest BCUT2D eigenvalue weighted by atomic mass is 10.1. The monoisotopic (exact) mass is 311 g/mol. The van der Waals surface area contributed by atoms with Crippen molar-refractivity contribution in [3.8, 4) is 0 Å². The van der Waals surface area contributed by atoms with Crippen LogP contribution in [0.2, 0.25) is 5.02 Å². The van der Waals surface area contributed by atoms with Gasteiger partial charge in [-0.05, 0) is 45.4 Å². The Hall–Kier alpha value is -1.26. The molecule has 0 atom stereocenters. The van der Waals surface area contributed by atoms with Gasteiger partial charge in [0.1, 0.15) is 0 Å². The molecule has 0 heterocycles. The van der Waals surface area contributed by atoms with E-state index in [-0.39, 0.29) is 11.4 Å². The van der Waals surface area contributed by atoms with Crippen molar-refractivity contribution in [3.63, 3.8) is 0 Å². The zero-order valence-electron chi connectivity index (χ0n) is 13.6. The Morgan fingerprint density at radius 3 is 2.52 bits per heavy atom. The first-order valence-corrected chi connectivity index (χ1v) is 7.63. The zero-order chi connectivity index (χ0) is 16.0. The van der Waals surface area contributed by atoms with Gasteiger partial charge in [-0.3, -0.25) is 4.79 Å². The Kier molecular flexibility index (Phi) is 6.49. The van der Waals surface area contributed by atoms with Crippen LogP contribution in [0.5, 0.6) is 0 Å². The molecule has 0 fully saturated rings. The van der Waals surface area contributed by atoms with E-state index in [4.69, 9.17) is 11.6 Å². The molecule has 4 nitrogen and oxygen atoms in total. The van der Waals surface area contributed by atoms with Gasteiger partial charge in [0, 0.05) is 36.4 Å². The van der Waals surface area contributed by atoms with E-state index in [1.165, 1.54) is 0 Å². The van der Waals surface area contributed by atoms with Gasteiger partial charge in [0.15, 0.2) is 0 Å². The van der Waals surface area contributed by atoms with Gasteiger partial charge in [-0.2, -0.15) is 0 Å². The summed E-state index contributed by atoms with van der Waals surface area (Å²) in [5.74, 6) is -0.00782. The van der Waals surface area contributed by atoms with Crippen molar-refractivity contribution in [1.82, 2.24) is 10.6 Å². The van der Waals surface area contributed by atoms with Crippen LogP contribution in [0, 0.1) is 0 Å². The van der Waals surface area contributed by atoms with Gasteiger partial charge < -0.3 is 15.5 Å². The van der Waals surface area contributed by atoms with Crippen LogP contribution in [0.3, 0.4) is 0 Å². The molecule has 5 heteroatoms. The van der Waals surface area contributed by atoms with Crippen LogP contribution in [0.4, 0.5) is 5.69 Å². The number of amides is 1. The number of anilines is 1. The molecule has 0 bridgehead atoms. The SMILES string of the molecule is CCN(CC(=O)NC)c1cc(Cl)ccc1CNC(C)(C)C. The van der Waals surface area contributed by atoms with Crippen LogP contribution < -0.4 is 15.5 Å². The third kappa shape index (κ3) is 5.94. The maximum atomic E-state index is 11.7. The number of carbonyl (C=O) groups excluding carboxylic acids is 1. The van der Waals surface area contributed by atoms with Gasteiger partial charge in [-0.1, -0.05) is 17.7 Å². The summed E-state index contributed by atoms with van der Waals surface area (Å²) in [6.07, 6.45) is 0.